The van der Waals surface area contributed by atoms with Gasteiger partial charge in [-0.2, -0.15) is 0 Å². The Balaban J connectivity index is 1.50. The molecule has 4 rings (SSSR count). The number of carbonyl (C=O) groups excluding carboxylic acids is 2. The van der Waals surface area contributed by atoms with Crippen LogP contribution in [0.25, 0.3) is 17.2 Å². The molecule has 3 aromatic rings. The van der Waals surface area contributed by atoms with E-state index in [1.54, 1.807) is 43.5 Å². The van der Waals surface area contributed by atoms with E-state index in [4.69, 9.17) is 9.84 Å². The van der Waals surface area contributed by atoms with Gasteiger partial charge in [0.25, 0.3) is 11.1 Å². The van der Waals surface area contributed by atoms with E-state index in [-0.39, 0.29) is 23.3 Å². The molecule has 0 aromatic heterocycles. The third-order valence-electron chi connectivity index (χ3n) is 5.02. The maximum Gasteiger partial charge on any atom is 0.335 e. The summed E-state index contributed by atoms with van der Waals surface area (Å²) in [5, 5.41) is 8.86. The van der Waals surface area contributed by atoms with Gasteiger partial charge in [-0.25, -0.2) is 4.79 Å². The molecule has 3 aromatic carbocycles. The summed E-state index contributed by atoms with van der Waals surface area (Å²) in [6, 6.07) is 21.3. The number of hydrogen-bond acceptors (Lipinski definition) is 5. The highest BCUT2D eigenvalue weighted by Crippen LogP contribution is 2.34. The molecule has 0 bridgehead atoms. The number of amides is 2. The second kappa shape index (κ2) is 9.11. The molecule has 2 amide bonds. The summed E-state index contributed by atoms with van der Waals surface area (Å²) < 4.78 is 5.13. The molecular weight excluding hydrogens is 426 g/mol. The van der Waals surface area contributed by atoms with E-state index in [1.807, 2.05) is 42.5 Å². The van der Waals surface area contributed by atoms with Crippen molar-refractivity contribution in [2.45, 2.75) is 6.54 Å². The number of imide groups is 1. The predicted molar refractivity (Wildman–Crippen MR) is 123 cm³/mol. The molecular formula is C25H19NO5S. The van der Waals surface area contributed by atoms with Gasteiger partial charge in [0.05, 0.1) is 24.1 Å². The lowest BCUT2D eigenvalue weighted by atomic mass is 10.0. The Bertz CT molecular complexity index is 1220. The molecule has 7 heteroatoms. The highest BCUT2D eigenvalue weighted by Gasteiger charge is 2.34. The highest BCUT2D eigenvalue weighted by atomic mass is 32.2. The first-order valence-corrected chi connectivity index (χ1v) is 10.6. The normalized spacial score (nSPS) is 14.8. The van der Waals surface area contributed by atoms with E-state index in [0.717, 1.165) is 34.0 Å². The minimum absolute atomic E-state index is 0.199. The first kappa shape index (κ1) is 21.4. The van der Waals surface area contributed by atoms with Gasteiger partial charge in [-0.05, 0) is 64.4 Å². The highest BCUT2D eigenvalue weighted by molar-refractivity contribution is 8.18. The average molecular weight is 445 g/mol. The number of ether oxygens (including phenoxy) is 1. The second-order valence-corrected chi connectivity index (χ2v) is 8.12. The third-order valence-corrected chi connectivity index (χ3v) is 5.93. The topological polar surface area (TPSA) is 83.9 Å². The van der Waals surface area contributed by atoms with Crippen LogP contribution in [0.5, 0.6) is 5.75 Å². The van der Waals surface area contributed by atoms with Crippen LogP contribution in [0.1, 0.15) is 21.5 Å². The van der Waals surface area contributed by atoms with E-state index in [1.165, 1.54) is 4.90 Å². The zero-order valence-electron chi connectivity index (χ0n) is 17.1. The molecule has 0 aliphatic carbocycles. The van der Waals surface area contributed by atoms with Gasteiger partial charge in [0.1, 0.15) is 5.75 Å². The maximum atomic E-state index is 12.8. The molecule has 1 aliphatic heterocycles. The van der Waals surface area contributed by atoms with Crippen molar-refractivity contribution in [3.8, 4) is 16.9 Å². The molecule has 1 N–H and O–H groups in total. The van der Waals surface area contributed by atoms with Crippen LogP contribution in [0, 0.1) is 0 Å². The van der Waals surface area contributed by atoms with Gasteiger partial charge in [-0.3, -0.25) is 14.5 Å². The number of carbonyl (C=O) groups is 3. The van der Waals surface area contributed by atoms with E-state index < -0.39 is 5.97 Å². The largest absolute Gasteiger partial charge is 0.497 e. The number of benzene rings is 3. The Kier molecular flexibility index (Phi) is 6.09. The van der Waals surface area contributed by atoms with Crippen molar-refractivity contribution in [3.05, 3.63) is 94.4 Å². The molecule has 160 valence electrons. The molecule has 1 aliphatic rings. The SMILES string of the molecule is COc1ccc(CN2C(=O)S/C(=C\c3ccc(-c4cccc(C(=O)O)c4)cc3)C2=O)cc1. The average Bonchev–Trinajstić information content (AvgIpc) is 3.07. The second-order valence-electron chi connectivity index (χ2n) is 7.12. The molecule has 1 heterocycles. The summed E-state index contributed by atoms with van der Waals surface area (Å²) in [5.41, 5.74) is 3.48. The van der Waals surface area contributed by atoms with Crippen molar-refractivity contribution in [3.63, 3.8) is 0 Å². The lowest BCUT2D eigenvalue weighted by Crippen LogP contribution is -2.27. The number of thioether (sulfide) groups is 1. The summed E-state index contributed by atoms with van der Waals surface area (Å²) in [6.07, 6.45) is 1.69. The minimum Gasteiger partial charge on any atom is -0.497 e. The van der Waals surface area contributed by atoms with Crippen molar-refractivity contribution in [2.75, 3.05) is 7.11 Å². The quantitative estimate of drug-likeness (QED) is 0.519. The van der Waals surface area contributed by atoms with E-state index in [0.29, 0.717) is 10.7 Å². The van der Waals surface area contributed by atoms with Crippen LogP contribution < -0.4 is 4.74 Å². The lowest BCUT2D eigenvalue weighted by Gasteiger charge is -2.12. The van der Waals surface area contributed by atoms with Crippen molar-refractivity contribution in [1.82, 2.24) is 4.90 Å². The van der Waals surface area contributed by atoms with Gasteiger partial charge in [-0.1, -0.05) is 48.5 Å². The number of rotatable bonds is 6. The van der Waals surface area contributed by atoms with Crippen LogP contribution in [0.3, 0.4) is 0 Å². The fourth-order valence-corrected chi connectivity index (χ4v) is 4.14. The number of nitrogens with zero attached hydrogens (tertiary/aromatic N) is 1. The van der Waals surface area contributed by atoms with Crippen LogP contribution in [0.15, 0.2) is 77.7 Å². The number of hydrogen-bond donors (Lipinski definition) is 1. The molecule has 0 radical (unpaired) electrons. The summed E-state index contributed by atoms with van der Waals surface area (Å²) in [5.74, 6) is -0.594. The fourth-order valence-electron chi connectivity index (χ4n) is 3.30. The Morgan fingerprint density at radius 2 is 1.72 bits per heavy atom. The van der Waals surface area contributed by atoms with Gasteiger partial charge >= 0.3 is 5.97 Å². The lowest BCUT2D eigenvalue weighted by molar-refractivity contribution is -0.123. The number of methoxy groups -OCH3 is 1. The first-order chi connectivity index (χ1) is 15.4. The number of carboxylic acid groups (broad SMARTS) is 1. The minimum atomic E-state index is -0.978. The van der Waals surface area contributed by atoms with Gasteiger partial charge in [0.15, 0.2) is 0 Å². The number of carboxylic acids is 1. The standard InChI is InChI=1S/C25H19NO5S/c1-31-21-11-7-17(8-12-21)15-26-23(27)22(32-25(26)30)13-16-5-9-18(10-6-16)19-3-2-4-20(14-19)24(28)29/h2-14H,15H2,1H3,(H,28,29)/b22-13-. The smallest absolute Gasteiger partial charge is 0.335 e. The van der Waals surface area contributed by atoms with Crippen LogP contribution in [0.4, 0.5) is 4.79 Å². The predicted octanol–water partition coefficient (Wildman–Crippen LogP) is 5.30. The Morgan fingerprint density at radius 1 is 1.00 bits per heavy atom. The fraction of sp³-hybridized carbons (Fsp3) is 0.0800. The van der Waals surface area contributed by atoms with Gasteiger partial charge in [0, 0.05) is 0 Å². The van der Waals surface area contributed by atoms with Crippen molar-refractivity contribution >= 4 is 35.0 Å². The van der Waals surface area contributed by atoms with Crippen molar-refractivity contribution in [2.24, 2.45) is 0 Å². The molecule has 32 heavy (non-hydrogen) atoms. The van der Waals surface area contributed by atoms with Gasteiger partial charge < -0.3 is 9.84 Å². The Morgan fingerprint density at radius 3 is 2.38 bits per heavy atom. The first-order valence-electron chi connectivity index (χ1n) is 9.77. The van der Waals surface area contributed by atoms with Gasteiger partial charge in [0.2, 0.25) is 0 Å². The summed E-state index contributed by atoms with van der Waals surface area (Å²) in [6.45, 7) is 0.199. The monoisotopic (exact) mass is 445 g/mol. The van der Waals surface area contributed by atoms with Crippen LogP contribution in [-0.2, 0) is 11.3 Å². The van der Waals surface area contributed by atoms with E-state index >= 15 is 0 Å². The van der Waals surface area contributed by atoms with E-state index in [2.05, 4.69) is 0 Å². The van der Waals surface area contributed by atoms with Crippen molar-refractivity contribution in [1.29, 1.82) is 0 Å². The molecule has 0 saturated carbocycles. The molecule has 0 spiro atoms. The molecule has 0 atom stereocenters. The zero-order valence-corrected chi connectivity index (χ0v) is 18.0. The van der Waals surface area contributed by atoms with E-state index in [9.17, 15) is 14.4 Å². The summed E-state index contributed by atoms with van der Waals surface area (Å²) in [7, 11) is 1.58. The van der Waals surface area contributed by atoms with Crippen LogP contribution in [-0.4, -0.2) is 34.2 Å². The molecule has 6 nitrogen and oxygen atoms in total. The maximum absolute atomic E-state index is 12.8. The Labute approximate surface area is 189 Å². The number of aromatic carboxylic acids is 1. The van der Waals surface area contributed by atoms with Crippen LogP contribution >= 0.6 is 11.8 Å². The molecule has 1 saturated heterocycles. The Hall–Kier alpha value is -3.84. The third kappa shape index (κ3) is 4.58. The van der Waals surface area contributed by atoms with Crippen LogP contribution in [0.2, 0.25) is 0 Å². The zero-order chi connectivity index (χ0) is 22.7. The van der Waals surface area contributed by atoms with Crippen molar-refractivity contribution < 1.29 is 24.2 Å². The summed E-state index contributed by atoms with van der Waals surface area (Å²) in [4.78, 5) is 37.9. The molecule has 1 fully saturated rings. The molecule has 0 unspecified atom stereocenters. The summed E-state index contributed by atoms with van der Waals surface area (Å²) >= 11 is 0.918. The van der Waals surface area contributed by atoms with Gasteiger partial charge in [-0.15, -0.1) is 0 Å².